The number of amides is 1. The lowest BCUT2D eigenvalue weighted by molar-refractivity contribution is 0.0883. The van der Waals surface area contributed by atoms with Crippen LogP contribution in [0.1, 0.15) is 12.8 Å². The molecule has 0 spiro atoms. The Morgan fingerprint density at radius 1 is 1.50 bits per heavy atom. The van der Waals surface area contributed by atoms with Crippen molar-refractivity contribution < 1.29 is 14.6 Å². The van der Waals surface area contributed by atoms with Gasteiger partial charge in [0.25, 0.3) is 0 Å². The minimum atomic E-state index is -1.13. The average molecular weight is 245 g/mol. The maximum absolute atomic E-state index is 11.7. The topological polar surface area (TPSA) is 49.8 Å². The molecule has 5 heteroatoms. The van der Waals surface area contributed by atoms with Crippen LogP contribution in [-0.2, 0) is 4.74 Å². The summed E-state index contributed by atoms with van der Waals surface area (Å²) in [5.41, 5.74) is 0. The molecule has 0 aromatic rings. The molecule has 0 aliphatic carbocycles. The van der Waals surface area contributed by atoms with Gasteiger partial charge in [-0.05, 0) is 18.9 Å². The SMILES string of the molecule is C[Si](C)(C)CCOC(=O)N1CCC[C@H]1CO. The maximum Gasteiger partial charge on any atom is 0.410 e. The van der Waals surface area contributed by atoms with E-state index in [1.807, 2.05) is 0 Å². The Morgan fingerprint density at radius 2 is 2.19 bits per heavy atom. The molecule has 16 heavy (non-hydrogen) atoms. The minimum absolute atomic E-state index is 0.0284. The number of carbonyl (C=O) groups is 1. The van der Waals surface area contributed by atoms with Gasteiger partial charge in [-0.25, -0.2) is 4.79 Å². The summed E-state index contributed by atoms with van der Waals surface area (Å²) in [6.07, 6.45) is 1.60. The van der Waals surface area contributed by atoms with Crippen molar-refractivity contribution in [1.29, 1.82) is 0 Å². The molecule has 0 saturated carbocycles. The highest BCUT2D eigenvalue weighted by Crippen LogP contribution is 2.18. The molecule has 1 aliphatic rings. The summed E-state index contributed by atoms with van der Waals surface area (Å²) in [7, 11) is -1.13. The summed E-state index contributed by atoms with van der Waals surface area (Å²) in [5.74, 6) is 0. The largest absolute Gasteiger partial charge is 0.450 e. The van der Waals surface area contributed by atoms with E-state index in [4.69, 9.17) is 9.84 Å². The Hall–Kier alpha value is -0.553. The number of ether oxygens (including phenoxy) is 1. The van der Waals surface area contributed by atoms with Gasteiger partial charge in [-0.1, -0.05) is 19.6 Å². The fourth-order valence-corrected chi connectivity index (χ4v) is 2.51. The summed E-state index contributed by atoms with van der Waals surface area (Å²) in [6.45, 7) is 8.05. The summed E-state index contributed by atoms with van der Waals surface area (Å²) < 4.78 is 5.24. The Morgan fingerprint density at radius 3 is 2.75 bits per heavy atom. The third-order valence-electron chi connectivity index (χ3n) is 2.90. The number of hydrogen-bond donors (Lipinski definition) is 1. The molecule has 94 valence electrons. The van der Waals surface area contributed by atoms with Gasteiger partial charge in [0.2, 0.25) is 0 Å². The highest BCUT2D eigenvalue weighted by atomic mass is 28.3. The summed E-state index contributed by atoms with van der Waals surface area (Å²) in [5, 5.41) is 9.10. The van der Waals surface area contributed by atoms with E-state index in [2.05, 4.69) is 19.6 Å². The molecule has 1 atom stereocenters. The van der Waals surface area contributed by atoms with E-state index in [9.17, 15) is 4.79 Å². The van der Waals surface area contributed by atoms with Crippen LogP contribution in [0.5, 0.6) is 0 Å². The average Bonchev–Trinajstić information content (AvgIpc) is 2.63. The molecule has 1 fully saturated rings. The van der Waals surface area contributed by atoms with E-state index in [1.54, 1.807) is 4.90 Å². The van der Waals surface area contributed by atoms with Crippen molar-refractivity contribution in [2.75, 3.05) is 19.8 Å². The fourth-order valence-electron chi connectivity index (χ4n) is 1.79. The predicted octanol–water partition coefficient (Wildman–Crippen LogP) is 1.92. The summed E-state index contributed by atoms with van der Waals surface area (Å²) in [6, 6.07) is 0.968. The van der Waals surface area contributed by atoms with Crippen molar-refractivity contribution in [3.05, 3.63) is 0 Å². The number of nitrogens with zero attached hydrogens (tertiary/aromatic N) is 1. The third kappa shape index (κ3) is 4.13. The van der Waals surface area contributed by atoms with Gasteiger partial charge >= 0.3 is 6.09 Å². The molecule has 1 aliphatic heterocycles. The van der Waals surface area contributed by atoms with Crippen LogP contribution in [0, 0.1) is 0 Å². The summed E-state index contributed by atoms with van der Waals surface area (Å²) in [4.78, 5) is 13.4. The van der Waals surface area contributed by atoms with Crippen molar-refractivity contribution in [2.24, 2.45) is 0 Å². The van der Waals surface area contributed by atoms with E-state index in [-0.39, 0.29) is 18.7 Å². The Balaban J connectivity index is 2.29. The number of rotatable bonds is 4. The van der Waals surface area contributed by atoms with Crippen molar-refractivity contribution in [2.45, 2.75) is 44.6 Å². The van der Waals surface area contributed by atoms with Crippen LogP contribution in [-0.4, -0.2) is 50.0 Å². The van der Waals surface area contributed by atoms with Crippen LogP contribution >= 0.6 is 0 Å². The fraction of sp³-hybridized carbons (Fsp3) is 0.909. The molecule has 0 radical (unpaired) electrons. The zero-order valence-electron chi connectivity index (χ0n) is 10.5. The zero-order valence-corrected chi connectivity index (χ0v) is 11.5. The Kier molecular flexibility index (Phi) is 4.80. The molecule has 1 N–H and O–H groups in total. The molecular weight excluding hydrogens is 222 g/mol. The van der Waals surface area contributed by atoms with Crippen LogP contribution in [0.4, 0.5) is 4.79 Å². The first-order valence-corrected chi connectivity index (χ1v) is 9.69. The monoisotopic (exact) mass is 245 g/mol. The highest BCUT2D eigenvalue weighted by Gasteiger charge is 2.29. The molecule has 1 heterocycles. The number of hydrogen-bond acceptors (Lipinski definition) is 3. The lowest BCUT2D eigenvalue weighted by Crippen LogP contribution is -2.38. The van der Waals surface area contributed by atoms with Crippen molar-refractivity contribution in [3.8, 4) is 0 Å². The normalized spacial score (nSPS) is 21.2. The number of likely N-dealkylation sites (tertiary alicyclic amines) is 1. The lowest BCUT2D eigenvalue weighted by Gasteiger charge is -2.23. The number of aliphatic hydroxyl groups excluding tert-OH is 1. The van der Waals surface area contributed by atoms with Gasteiger partial charge in [0.15, 0.2) is 0 Å². The molecule has 0 bridgehead atoms. The third-order valence-corrected chi connectivity index (χ3v) is 4.60. The molecule has 1 rings (SSSR count). The van der Waals surface area contributed by atoms with Crippen LogP contribution in [0.25, 0.3) is 0 Å². The molecule has 0 aromatic heterocycles. The van der Waals surface area contributed by atoms with Gasteiger partial charge in [0.1, 0.15) is 0 Å². The molecule has 1 amide bonds. The van der Waals surface area contributed by atoms with Gasteiger partial charge in [0, 0.05) is 14.6 Å². The second-order valence-electron chi connectivity index (χ2n) is 5.60. The van der Waals surface area contributed by atoms with Crippen LogP contribution in [0.2, 0.25) is 25.7 Å². The van der Waals surface area contributed by atoms with Crippen molar-refractivity contribution in [1.82, 2.24) is 4.90 Å². The minimum Gasteiger partial charge on any atom is -0.450 e. The second-order valence-corrected chi connectivity index (χ2v) is 11.2. The van der Waals surface area contributed by atoms with Gasteiger partial charge in [0.05, 0.1) is 19.3 Å². The standard InChI is InChI=1S/C11H23NO3Si/c1-16(2,3)8-7-15-11(14)12-6-4-5-10(12)9-13/h10,13H,4-9H2,1-3H3/t10-/m0/s1. The van der Waals surface area contributed by atoms with Gasteiger partial charge in [-0.2, -0.15) is 0 Å². The van der Waals surface area contributed by atoms with Gasteiger partial charge < -0.3 is 14.7 Å². The van der Waals surface area contributed by atoms with Crippen molar-refractivity contribution >= 4 is 14.2 Å². The molecular formula is C11H23NO3Si. The summed E-state index contributed by atoms with van der Waals surface area (Å²) >= 11 is 0. The first kappa shape index (κ1) is 13.5. The van der Waals surface area contributed by atoms with Gasteiger partial charge in [-0.3, -0.25) is 0 Å². The molecule has 0 unspecified atom stereocenters. The quantitative estimate of drug-likeness (QED) is 0.770. The Bertz CT molecular complexity index is 240. The van der Waals surface area contributed by atoms with E-state index < -0.39 is 8.07 Å². The molecule has 1 saturated heterocycles. The smallest absolute Gasteiger partial charge is 0.410 e. The highest BCUT2D eigenvalue weighted by molar-refractivity contribution is 6.76. The van der Waals surface area contributed by atoms with E-state index in [0.29, 0.717) is 6.61 Å². The molecule has 4 nitrogen and oxygen atoms in total. The first-order chi connectivity index (χ1) is 7.44. The van der Waals surface area contributed by atoms with E-state index in [1.165, 1.54) is 0 Å². The lowest BCUT2D eigenvalue weighted by atomic mass is 10.2. The van der Waals surface area contributed by atoms with E-state index in [0.717, 1.165) is 25.4 Å². The van der Waals surface area contributed by atoms with Crippen LogP contribution in [0.15, 0.2) is 0 Å². The van der Waals surface area contributed by atoms with Crippen molar-refractivity contribution in [3.63, 3.8) is 0 Å². The van der Waals surface area contributed by atoms with E-state index >= 15 is 0 Å². The van der Waals surface area contributed by atoms with Crippen LogP contribution < -0.4 is 0 Å². The maximum atomic E-state index is 11.7. The second kappa shape index (κ2) is 5.68. The van der Waals surface area contributed by atoms with Crippen LogP contribution in [0.3, 0.4) is 0 Å². The number of carbonyl (C=O) groups excluding carboxylic acids is 1. The predicted molar refractivity (Wildman–Crippen MR) is 66.3 cm³/mol. The first-order valence-electron chi connectivity index (χ1n) is 5.98. The zero-order chi connectivity index (χ0) is 12.2. The Labute approximate surface area is 98.6 Å². The molecule has 0 aromatic carbocycles. The number of aliphatic hydroxyl groups is 1. The van der Waals surface area contributed by atoms with Gasteiger partial charge in [-0.15, -0.1) is 0 Å².